The van der Waals surface area contributed by atoms with Gasteiger partial charge in [-0.25, -0.2) is 0 Å². The average molecular weight is 657 g/mol. The maximum atomic E-state index is 6.14. The van der Waals surface area contributed by atoms with Gasteiger partial charge in [0.05, 0.1) is 24.0 Å². The summed E-state index contributed by atoms with van der Waals surface area (Å²) in [6.07, 6.45) is 0. The third-order valence-electron chi connectivity index (χ3n) is 9.58. The van der Waals surface area contributed by atoms with Crippen molar-refractivity contribution in [2.24, 2.45) is 16.2 Å². The lowest BCUT2D eigenvalue weighted by Gasteiger charge is -2.38. The maximum Gasteiger partial charge on any atom is 0.302 e. The van der Waals surface area contributed by atoms with Gasteiger partial charge in [0.15, 0.2) is 0 Å². The van der Waals surface area contributed by atoms with Crippen LogP contribution in [0.25, 0.3) is 0 Å². The van der Waals surface area contributed by atoms with E-state index in [0.29, 0.717) is 46.5 Å². The largest absolute Gasteiger partial charge is 0.329 e. The third-order valence-corrected chi connectivity index (χ3v) is 22.2. The molecule has 1 saturated heterocycles. The van der Waals surface area contributed by atoms with Crippen LogP contribution < -0.4 is 0 Å². The van der Waals surface area contributed by atoms with Crippen molar-refractivity contribution in [3.05, 3.63) is 0 Å². The summed E-state index contributed by atoms with van der Waals surface area (Å²) in [4.78, 5) is 0. The Hall–Kier alpha value is -2.29. The molecule has 0 unspecified atom stereocenters. The smallest absolute Gasteiger partial charge is 0.302 e. The SMILES string of the molecule is CC(C)[Si](C#CC(C)(C)C#CC#CC1(C#CC#CC(C)(C)C#C[Si](C(C)C)(C(C)C)C(C)C)OCC(C)(C)CO1)(C(C)C)C(C)C. The van der Waals surface area contributed by atoms with Crippen LogP contribution in [0.5, 0.6) is 0 Å². The van der Waals surface area contributed by atoms with E-state index in [1.54, 1.807) is 0 Å². The quantitative estimate of drug-likeness (QED) is 0.209. The molecule has 0 saturated carbocycles. The van der Waals surface area contributed by atoms with E-state index in [0.717, 1.165) is 0 Å². The Morgan fingerprint density at radius 1 is 0.478 bits per heavy atom. The highest BCUT2D eigenvalue weighted by Crippen LogP contribution is 2.42. The molecule has 0 amide bonds. The lowest BCUT2D eigenvalue weighted by atomic mass is 9.94. The van der Waals surface area contributed by atoms with Gasteiger partial charge in [-0.1, -0.05) is 121 Å². The Labute approximate surface area is 288 Å². The summed E-state index contributed by atoms with van der Waals surface area (Å²) < 4.78 is 12.3. The highest BCUT2D eigenvalue weighted by molar-refractivity contribution is 6.91. The number of hydrogen-bond donors (Lipinski definition) is 0. The molecule has 0 radical (unpaired) electrons. The second-order valence-corrected chi connectivity index (χ2v) is 28.1. The van der Waals surface area contributed by atoms with Crippen LogP contribution in [0, 0.1) is 86.5 Å². The number of ether oxygens (including phenoxy) is 2. The van der Waals surface area contributed by atoms with Gasteiger partial charge in [0, 0.05) is 5.41 Å². The van der Waals surface area contributed by atoms with Gasteiger partial charge in [0.25, 0.3) is 0 Å². The average Bonchev–Trinajstić information content (AvgIpc) is 2.90. The van der Waals surface area contributed by atoms with Gasteiger partial charge >= 0.3 is 5.79 Å². The maximum absolute atomic E-state index is 6.14. The molecular formula is C42H64O2Si2. The minimum atomic E-state index is -1.84. The van der Waals surface area contributed by atoms with Crippen LogP contribution >= 0.6 is 0 Å². The van der Waals surface area contributed by atoms with Crippen molar-refractivity contribution in [3.8, 4) is 70.3 Å². The van der Waals surface area contributed by atoms with Crippen LogP contribution in [-0.2, 0) is 9.47 Å². The standard InChI is InChI=1S/C42H64O2Si2/c1-33(2)45(34(3)4,35(5)6)29-27-39(13,14)23-19-21-25-42(43-31-41(17,18)32-44-42)26-22-20-24-40(15,16)28-30-46(36(7)8,37(9)10)38(11)12/h33-38H,31-32H2,1-18H3. The van der Waals surface area contributed by atoms with Gasteiger partial charge in [0.1, 0.15) is 16.1 Å². The van der Waals surface area contributed by atoms with E-state index in [4.69, 9.17) is 9.47 Å². The van der Waals surface area contributed by atoms with E-state index >= 15 is 0 Å². The van der Waals surface area contributed by atoms with Crippen molar-refractivity contribution in [2.45, 2.75) is 164 Å². The van der Waals surface area contributed by atoms with Crippen LogP contribution in [0.3, 0.4) is 0 Å². The lowest BCUT2D eigenvalue weighted by molar-refractivity contribution is -0.234. The second kappa shape index (κ2) is 16.2. The monoisotopic (exact) mass is 656 g/mol. The summed E-state index contributed by atoms with van der Waals surface area (Å²) in [5.74, 6) is 30.5. The molecule has 0 N–H and O–H groups in total. The minimum absolute atomic E-state index is 0.126. The zero-order chi connectivity index (χ0) is 35.8. The summed E-state index contributed by atoms with van der Waals surface area (Å²) in [5.41, 5.74) is 9.94. The lowest BCUT2D eigenvalue weighted by Crippen LogP contribution is -2.45. The van der Waals surface area contributed by atoms with Gasteiger partial charge in [-0.05, 0) is 96.5 Å². The van der Waals surface area contributed by atoms with Crippen LogP contribution in [0.1, 0.15) is 125 Å². The molecule has 0 aromatic carbocycles. The Kier molecular flexibility index (Phi) is 14.7. The minimum Gasteiger partial charge on any atom is -0.329 e. The van der Waals surface area contributed by atoms with E-state index in [2.05, 4.69) is 195 Å². The fourth-order valence-electron chi connectivity index (χ4n) is 6.91. The molecule has 1 heterocycles. The molecule has 1 aliphatic rings. The van der Waals surface area contributed by atoms with Crippen molar-refractivity contribution in [2.75, 3.05) is 13.2 Å². The van der Waals surface area contributed by atoms with E-state index < -0.39 is 32.8 Å². The molecule has 0 aliphatic carbocycles. The normalized spacial score (nSPS) is 16.2. The Bertz CT molecular complexity index is 1280. The fourth-order valence-corrected chi connectivity index (χ4v) is 17.7. The van der Waals surface area contributed by atoms with Crippen molar-refractivity contribution < 1.29 is 9.47 Å². The molecule has 0 bridgehead atoms. The first-order valence-electron chi connectivity index (χ1n) is 17.4. The van der Waals surface area contributed by atoms with E-state index in [-0.39, 0.29) is 5.41 Å². The molecule has 0 spiro atoms. The van der Waals surface area contributed by atoms with Crippen molar-refractivity contribution in [1.29, 1.82) is 0 Å². The first-order chi connectivity index (χ1) is 20.9. The molecule has 0 aromatic heterocycles. The third kappa shape index (κ3) is 10.9. The van der Waals surface area contributed by atoms with Gasteiger partial charge in [-0.2, -0.15) is 0 Å². The zero-order valence-corrected chi connectivity index (χ0v) is 34.7. The molecule has 0 aromatic rings. The predicted molar refractivity (Wildman–Crippen MR) is 205 cm³/mol. The summed E-state index contributed by atoms with van der Waals surface area (Å²) in [6.45, 7) is 41.3. The van der Waals surface area contributed by atoms with E-state index in [1.807, 2.05) is 0 Å². The molecule has 1 aliphatic heterocycles. The Balaban J connectivity index is 3.45. The fraction of sp³-hybridized carbons (Fsp3) is 0.714. The highest BCUT2D eigenvalue weighted by atomic mass is 28.3. The van der Waals surface area contributed by atoms with Crippen LogP contribution in [0.2, 0.25) is 33.2 Å². The zero-order valence-electron chi connectivity index (χ0n) is 32.7. The molecule has 4 heteroatoms. The molecule has 46 heavy (non-hydrogen) atoms. The topological polar surface area (TPSA) is 18.5 Å². The van der Waals surface area contributed by atoms with E-state index in [1.165, 1.54) is 0 Å². The number of hydrogen-bond acceptors (Lipinski definition) is 2. The molecule has 252 valence electrons. The Morgan fingerprint density at radius 3 is 1.02 bits per heavy atom. The molecular weight excluding hydrogens is 593 g/mol. The molecule has 0 atom stereocenters. The van der Waals surface area contributed by atoms with Gasteiger partial charge in [-0.3, -0.25) is 0 Å². The molecule has 1 fully saturated rings. The second-order valence-electron chi connectivity index (χ2n) is 16.9. The first kappa shape index (κ1) is 41.7. The van der Waals surface area contributed by atoms with Crippen LogP contribution in [0.15, 0.2) is 0 Å². The molecule has 1 rings (SSSR count). The highest BCUT2D eigenvalue weighted by Gasteiger charge is 2.43. The summed E-state index contributed by atoms with van der Waals surface area (Å²) in [7, 11) is -3.69. The van der Waals surface area contributed by atoms with Gasteiger partial charge < -0.3 is 9.47 Å². The van der Waals surface area contributed by atoms with Gasteiger partial charge in [0.2, 0.25) is 0 Å². The van der Waals surface area contributed by atoms with Crippen molar-refractivity contribution in [3.63, 3.8) is 0 Å². The van der Waals surface area contributed by atoms with Crippen LogP contribution in [-0.4, -0.2) is 35.1 Å². The number of rotatable bonds is 6. The van der Waals surface area contributed by atoms with Crippen molar-refractivity contribution in [1.82, 2.24) is 0 Å². The molecule has 2 nitrogen and oxygen atoms in total. The summed E-state index contributed by atoms with van der Waals surface area (Å²) >= 11 is 0. The predicted octanol–water partition coefficient (Wildman–Crippen LogP) is 10.3. The summed E-state index contributed by atoms with van der Waals surface area (Å²) in [6, 6.07) is 0. The summed E-state index contributed by atoms with van der Waals surface area (Å²) in [5, 5.41) is 0. The van der Waals surface area contributed by atoms with Crippen LogP contribution in [0.4, 0.5) is 0 Å². The van der Waals surface area contributed by atoms with Gasteiger partial charge in [-0.15, -0.1) is 11.1 Å². The Morgan fingerprint density at radius 2 is 0.761 bits per heavy atom. The first-order valence-corrected chi connectivity index (χ1v) is 21.8. The van der Waals surface area contributed by atoms with Crippen molar-refractivity contribution >= 4 is 16.1 Å². The van der Waals surface area contributed by atoms with E-state index in [9.17, 15) is 0 Å².